The molecule has 0 radical (unpaired) electrons. The van der Waals surface area contributed by atoms with E-state index in [1.165, 1.54) is 82.3 Å². The highest BCUT2D eigenvalue weighted by Crippen LogP contribution is 2.53. The molecular formula is C97H67N9. The first-order chi connectivity index (χ1) is 52.1. The van der Waals surface area contributed by atoms with Crippen molar-refractivity contribution in [2.24, 2.45) is 0 Å². The van der Waals surface area contributed by atoms with Gasteiger partial charge in [-0.25, -0.2) is 15.0 Å². The molecule has 0 saturated heterocycles. The monoisotopic (exact) mass is 1360 g/mol. The average molecular weight is 1360 g/mol. The van der Waals surface area contributed by atoms with E-state index in [2.05, 4.69) is 319 Å². The van der Waals surface area contributed by atoms with E-state index in [9.17, 15) is 0 Å². The molecule has 14 aromatic carbocycles. The normalized spacial score (nSPS) is 13.2. The van der Waals surface area contributed by atoms with Gasteiger partial charge in [-0.1, -0.05) is 295 Å². The van der Waals surface area contributed by atoms with Crippen molar-refractivity contribution in [3.05, 3.63) is 356 Å². The smallest absolute Gasteiger partial charge is 0.238 e. The molecule has 9 heteroatoms. The summed E-state index contributed by atoms with van der Waals surface area (Å²) in [6.07, 6.45) is 0. The molecule has 500 valence electrons. The number of nitrogens with zero attached hydrogens (tertiary/aromatic N) is 9. The number of fused-ring (bicyclic) bond motifs is 20. The molecule has 9 nitrogen and oxygen atoms in total. The molecule has 0 aliphatic heterocycles. The topological polar surface area (TPSA) is 84.2 Å². The Kier molecular flexibility index (Phi) is 13.5. The SMILES string of the molecule is CC1(C)c2ccccc2-c2ccc(-n3c4ccccc4c4c3ccc3c5ccccc5n(-c5cc(-c6ccccc6)nc(-c6ccccc6)n5)c34)cc21.CC1(C)c2ccccc2-c2ccc(-n3c4ccccc4c4c3ccc3c5ccccc5n(-c5nc(-c6ccccc6)nc(-c6ccccc6)n5)c34)cc21. The highest BCUT2D eigenvalue weighted by Gasteiger charge is 2.38. The van der Waals surface area contributed by atoms with Crippen LogP contribution in [0.15, 0.2) is 334 Å². The second-order valence-electron chi connectivity index (χ2n) is 29.1. The van der Waals surface area contributed by atoms with Gasteiger partial charge in [-0.3, -0.25) is 9.13 Å². The molecule has 20 aromatic rings. The zero-order chi connectivity index (χ0) is 70.5. The lowest BCUT2D eigenvalue weighted by atomic mass is 9.82. The maximum absolute atomic E-state index is 5.34. The summed E-state index contributed by atoms with van der Waals surface area (Å²) < 4.78 is 9.51. The fourth-order valence-corrected chi connectivity index (χ4v) is 17.6. The Labute approximate surface area is 611 Å². The fraction of sp³-hybridized carbons (Fsp3) is 0.0619. The lowest BCUT2D eigenvalue weighted by molar-refractivity contribution is 0.660. The Balaban J connectivity index is 0.000000136. The molecule has 22 rings (SSSR count). The summed E-state index contributed by atoms with van der Waals surface area (Å²) in [7, 11) is 0. The molecule has 0 unspecified atom stereocenters. The van der Waals surface area contributed by atoms with Crippen LogP contribution in [-0.4, -0.2) is 43.2 Å². The molecule has 0 atom stereocenters. The third-order valence-electron chi connectivity index (χ3n) is 22.5. The number of benzene rings is 14. The highest BCUT2D eigenvalue weighted by molar-refractivity contribution is 6.27. The van der Waals surface area contributed by atoms with Crippen molar-refractivity contribution in [3.63, 3.8) is 0 Å². The zero-order valence-corrected chi connectivity index (χ0v) is 58.8. The predicted octanol–water partition coefficient (Wildman–Crippen LogP) is 24.0. The predicted molar refractivity (Wildman–Crippen MR) is 436 cm³/mol. The summed E-state index contributed by atoms with van der Waals surface area (Å²) in [6, 6.07) is 119. The van der Waals surface area contributed by atoms with E-state index in [1.807, 2.05) is 60.7 Å². The second-order valence-corrected chi connectivity index (χ2v) is 29.1. The summed E-state index contributed by atoms with van der Waals surface area (Å²) in [6.45, 7) is 9.39. The van der Waals surface area contributed by atoms with Gasteiger partial charge in [0.25, 0.3) is 0 Å². The van der Waals surface area contributed by atoms with Crippen LogP contribution in [0.1, 0.15) is 49.9 Å². The summed E-state index contributed by atoms with van der Waals surface area (Å²) >= 11 is 0. The lowest BCUT2D eigenvalue weighted by Crippen LogP contribution is -2.15. The van der Waals surface area contributed by atoms with Gasteiger partial charge < -0.3 is 9.13 Å². The molecule has 106 heavy (non-hydrogen) atoms. The minimum atomic E-state index is -0.105. The summed E-state index contributed by atoms with van der Waals surface area (Å²) in [5.74, 6) is 3.40. The summed E-state index contributed by atoms with van der Waals surface area (Å²) in [5.41, 5.74) is 26.7. The van der Waals surface area contributed by atoms with Crippen molar-refractivity contribution < 1.29 is 0 Å². The first-order valence-electron chi connectivity index (χ1n) is 36.4. The van der Waals surface area contributed by atoms with Crippen LogP contribution in [0.25, 0.3) is 178 Å². The van der Waals surface area contributed by atoms with Crippen LogP contribution in [-0.2, 0) is 10.8 Å². The second kappa shape index (κ2) is 23.5. The number of aromatic nitrogens is 9. The molecule has 2 aliphatic carbocycles. The van der Waals surface area contributed by atoms with E-state index in [0.717, 1.165) is 94.5 Å². The minimum absolute atomic E-state index is 0.0969. The molecule has 0 spiro atoms. The average Bonchev–Trinajstić information content (AvgIpc) is 1.54. The first kappa shape index (κ1) is 61.1. The number of para-hydroxylation sites is 4. The van der Waals surface area contributed by atoms with E-state index in [4.69, 9.17) is 24.9 Å². The van der Waals surface area contributed by atoms with Crippen molar-refractivity contribution in [1.82, 2.24) is 43.2 Å². The van der Waals surface area contributed by atoms with Crippen LogP contribution in [0.2, 0.25) is 0 Å². The molecule has 0 amide bonds. The maximum Gasteiger partial charge on any atom is 0.238 e. The quantitative estimate of drug-likeness (QED) is 0.151. The Morgan fingerprint density at radius 3 is 1.06 bits per heavy atom. The van der Waals surface area contributed by atoms with Crippen LogP contribution < -0.4 is 0 Å². The van der Waals surface area contributed by atoms with E-state index in [-0.39, 0.29) is 10.8 Å². The summed E-state index contributed by atoms with van der Waals surface area (Å²) in [4.78, 5) is 26.0. The molecule has 6 heterocycles. The third-order valence-corrected chi connectivity index (χ3v) is 22.5. The van der Waals surface area contributed by atoms with Gasteiger partial charge in [0, 0.05) is 93.6 Å². The number of rotatable bonds is 8. The van der Waals surface area contributed by atoms with Crippen molar-refractivity contribution in [2.45, 2.75) is 38.5 Å². The molecule has 2 aliphatic rings. The van der Waals surface area contributed by atoms with Crippen LogP contribution in [0.4, 0.5) is 0 Å². The molecule has 0 fully saturated rings. The van der Waals surface area contributed by atoms with E-state index in [1.54, 1.807) is 0 Å². The first-order valence-corrected chi connectivity index (χ1v) is 36.4. The number of hydrogen-bond acceptors (Lipinski definition) is 5. The molecular weight excluding hydrogens is 1290 g/mol. The van der Waals surface area contributed by atoms with Crippen LogP contribution in [0.5, 0.6) is 0 Å². The largest absolute Gasteiger partial charge is 0.309 e. The van der Waals surface area contributed by atoms with E-state index >= 15 is 0 Å². The van der Waals surface area contributed by atoms with Crippen molar-refractivity contribution in [1.29, 1.82) is 0 Å². The van der Waals surface area contributed by atoms with E-state index < -0.39 is 0 Å². The zero-order valence-electron chi connectivity index (χ0n) is 58.8. The maximum atomic E-state index is 5.34. The minimum Gasteiger partial charge on any atom is -0.309 e. The lowest BCUT2D eigenvalue weighted by Gasteiger charge is -2.22. The number of hydrogen-bond donors (Lipinski definition) is 0. The molecule has 6 aromatic heterocycles. The molecule has 0 bridgehead atoms. The fourth-order valence-electron chi connectivity index (χ4n) is 17.6. The van der Waals surface area contributed by atoms with Crippen LogP contribution in [0.3, 0.4) is 0 Å². The van der Waals surface area contributed by atoms with Crippen molar-refractivity contribution >= 4 is 87.2 Å². The molecule has 0 N–H and O–H groups in total. The van der Waals surface area contributed by atoms with Crippen LogP contribution in [0, 0.1) is 0 Å². The van der Waals surface area contributed by atoms with Crippen molar-refractivity contribution in [3.8, 4) is 90.8 Å². The highest BCUT2D eigenvalue weighted by atomic mass is 15.2. The van der Waals surface area contributed by atoms with Gasteiger partial charge in [0.1, 0.15) is 5.82 Å². The summed E-state index contributed by atoms with van der Waals surface area (Å²) in [5, 5.41) is 9.47. The van der Waals surface area contributed by atoms with Crippen molar-refractivity contribution in [2.75, 3.05) is 0 Å². The third kappa shape index (κ3) is 9.18. The van der Waals surface area contributed by atoms with Gasteiger partial charge in [-0.2, -0.15) is 9.97 Å². The van der Waals surface area contributed by atoms with Gasteiger partial charge in [-0.15, -0.1) is 0 Å². The van der Waals surface area contributed by atoms with Gasteiger partial charge in [0.2, 0.25) is 5.95 Å². The van der Waals surface area contributed by atoms with Gasteiger partial charge >= 0.3 is 0 Å². The van der Waals surface area contributed by atoms with Crippen LogP contribution >= 0.6 is 0 Å². The Bertz CT molecular complexity index is 6460. The van der Waals surface area contributed by atoms with Gasteiger partial charge in [0.05, 0.1) is 49.8 Å². The Hall–Kier alpha value is -13.6. The van der Waals surface area contributed by atoms with E-state index in [0.29, 0.717) is 23.4 Å². The Morgan fingerprint density at radius 1 is 0.236 bits per heavy atom. The van der Waals surface area contributed by atoms with Gasteiger partial charge in [-0.05, 0) is 105 Å². The van der Waals surface area contributed by atoms with Gasteiger partial charge in [0.15, 0.2) is 17.5 Å². The standard InChI is InChI=1S/C49H34N4.C48H33N5/c1-49(2)39-22-12-9-19-34(39)35-26-25-33(29-40(35)49)52-43-24-14-11-21-38(43)46-44(52)28-27-37-36-20-10-13-23-42(36)53(47(37)46)45-30-41(31-15-5-3-6-16-31)50-48(51-45)32-17-7-4-8-18-32;1-48(2)38-22-12-9-19-33(38)34-26-25-32(29-39(34)48)52-41-24-14-11-21-37(41)43-42(52)28-27-36-35-20-10-13-23-40(35)53(44(36)43)47-50-45(30-15-5-3-6-16-30)49-46(51-47)31-17-7-4-8-18-31/h3-30H,1-2H3;3-29H,1-2H3. The Morgan fingerprint density at radius 2 is 0.594 bits per heavy atom. The molecule has 0 saturated carbocycles.